The van der Waals surface area contributed by atoms with Crippen molar-refractivity contribution < 1.29 is 4.79 Å². The van der Waals surface area contributed by atoms with Gasteiger partial charge in [0.15, 0.2) is 0 Å². The van der Waals surface area contributed by atoms with Crippen LogP contribution in [0.3, 0.4) is 0 Å². The Labute approximate surface area is 106 Å². The maximum absolute atomic E-state index is 11.8. The maximum Gasteiger partial charge on any atom is 0.251 e. The van der Waals surface area contributed by atoms with E-state index >= 15 is 0 Å². The van der Waals surface area contributed by atoms with Crippen molar-refractivity contribution in [2.24, 2.45) is 5.92 Å². The molecule has 3 nitrogen and oxygen atoms in total. The molecule has 2 rings (SSSR count). The molecule has 0 spiro atoms. The highest BCUT2D eigenvalue weighted by molar-refractivity contribution is 6.33. The van der Waals surface area contributed by atoms with Crippen molar-refractivity contribution in [3.63, 3.8) is 0 Å². The van der Waals surface area contributed by atoms with Crippen molar-refractivity contribution in [3.8, 4) is 0 Å². The van der Waals surface area contributed by atoms with Gasteiger partial charge in [-0.3, -0.25) is 4.79 Å². The number of anilines is 1. The molecule has 1 saturated carbocycles. The molecule has 3 N–H and O–H groups in total. The molecule has 17 heavy (non-hydrogen) atoms. The molecule has 1 fully saturated rings. The van der Waals surface area contributed by atoms with E-state index in [4.69, 9.17) is 17.3 Å². The number of nitrogen functional groups attached to an aromatic ring is 1. The number of amides is 1. The molecule has 92 valence electrons. The summed E-state index contributed by atoms with van der Waals surface area (Å²) in [6, 6.07) is 4.95. The minimum atomic E-state index is -0.0762. The normalized spacial score (nSPS) is 15.4. The van der Waals surface area contributed by atoms with Crippen LogP contribution in [-0.4, -0.2) is 12.5 Å². The van der Waals surface area contributed by atoms with Gasteiger partial charge in [-0.05, 0) is 30.5 Å². The van der Waals surface area contributed by atoms with Crippen LogP contribution >= 0.6 is 11.6 Å². The topological polar surface area (TPSA) is 55.1 Å². The predicted octanol–water partition coefficient (Wildman–Crippen LogP) is 2.84. The summed E-state index contributed by atoms with van der Waals surface area (Å²) in [7, 11) is 0. The lowest BCUT2D eigenvalue weighted by Crippen LogP contribution is -2.27. The van der Waals surface area contributed by atoms with E-state index in [-0.39, 0.29) is 5.91 Å². The van der Waals surface area contributed by atoms with E-state index < -0.39 is 0 Å². The molecule has 0 aromatic heterocycles. The van der Waals surface area contributed by atoms with Crippen molar-refractivity contribution in [2.45, 2.75) is 25.7 Å². The van der Waals surface area contributed by atoms with E-state index in [1.807, 2.05) is 0 Å². The molecule has 0 heterocycles. The van der Waals surface area contributed by atoms with Gasteiger partial charge in [-0.15, -0.1) is 0 Å². The second-order valence-electron chi connectivity index (χ2n) is 4.58. The summed E-state index contributed by atoms with van der Waals surface area (Å²) in [4.78, 5) is 11.8. The number of nitrogens with two attached hydrogens (primary N) is 1. The van der Waals surface area contributed by atoms with E-state index in [0.717, 1.165) is 18.9 Å². The zero-order chi connectivity index (χ0) is 12.3. The zero-order valence-electron chi connectivity index (χ0n) is 9.71. The lowest BCUT2D eigenvalue weighted by molar-refractivity contribution is 0.0949. The number of hydrogen-bond acceptors (Lipinski definition) is 2. The SMILES string of the molecule is Nc1cc(C(=O)NCCC2CCC2)ccc1Cl. The molecule has 0 bridgehead atoms. The molecule has 0 atom stereocenters. The van der Waals surface area contributed by atoms with Crippen LogP contribution in [-0.2, 0) is 0 Å². The third-order valence-corrected chi connectivity index (χ3v) is 3.67. The van der Waals surface area contributed by atoms with Crippen LogP contribution < -0.4 is 11.1 Å². The Balaban J connectivity index is 1.83. The molecule has 1 amide bonds. The fourth-order valence-corrected chi connectivity index (χ4v) is 2.08. The number of carbonyl (C=O) groups is 1. The molecule has 1 aliphatic rings. The van der Waals surface area contributed by atoms with Crippen LogP contribution in [0.4, 0.5) is 5.69 Å². The quantitative estimate of drug-likeness (QED) is 0.810. The minimum Gasteiger partial charge on any atom is -0.398 e. The lowest BCUT2D eigenvalue weighted by atomic mass is 9.83. The summed E-state index contributed by atoms with van der Waals surface area (Å²) >= 11 is 5.80. The summed E-state index contributed by atoms with van der Waals surface area (Å²) in [6.45, 7) is 0.742. The number of halogens is 1. The Morgan fingerprint density at radius 1 is 1.47 bits per heavy atom. The van der Waals surface area contributed by atoms with E-state index in [1.165, 1.54) is 19.3 Å². The third kappa shape index (κ3) is 3.13. The minimum absolute atomic E-state index is 0.0762. The van der Waals surface area contributed by atoms with Gasteiger partial charge in [0, 0.05) is 12.1 Å². The molecule has 4 heteroatoms. The van der Waals surface area contributed by atoms with Gasteiger partial charge in [0.1, 0.15) is 0 Å². The largest absolute Gasteiger partial charge is 0.398 e. The van der Waals surface area contributed by atoms with Crippen molar-refractivity contribution in [3.05, 3.63) is 28.8 Å². The Morgan fingerprint density at radius 2 is 2.24 bits per heavy atom. The molecular weight excluding hydrogens is 236 g/mol. The summed E-state index contributed by atoms with van der Waals surface area (Å²) in [5.74, 6) is 0.735. The number of nitrogens with one attached hydrogen (secondary N) is 1. The van der Waals surface area contributed by atoms with Crippen molar-refractivity contribution in [2.75, 3.05) is 12.3 Å². The number of carbonyl (C=O) groups excluding carboxylic acids is 1. The van der Waals surface area contributed by atoms with Gasteiger partial charge in [-0.2, -0.15) is 0 Å². The highest BCUT2D eigenvalue weighted by atomic mass is 35.5. The first-order valence-electron chi connectivity index (χ1n) is 6.00. The zero-order valence-corrected chi connectivity index (χ0v) is 10.5. The Morgan fingerprint density at radius 3 is 2.82 bits per heavy atom. The first kappa shape index (κ1) is 12.2. The highest BCUT2D eigenvalue weighted by Crippen LogP contribution is 2.28. The lowest BCUT2D eigenvalue weighted by Gasteiger charge is -2.25. The van der Waals surface area contributed by atoms with E-state index in [9.17, 15) is 4.79 Å². The number of rotatable bonds is 4. The molecular formula is C13H17ClN2O. The van der Waals surface area contributed by atoms with Gasteiger partial charge in [0.05, 0.1) is 10.7 Å². The fraction of sp³-hybridized carbons (Fsp3) is 0.462. The van der Waals surface area contributed by atoms with Crippen LogP contribution in [0.15, 0.2) is 18.2 Å². The predicted molar refractivity (Wildman–Crippen MR) is 70.2 cm³/mol. The van der Waals surface area contributed by atoms with E-state index in [2.05, 4.69) is 5.32 Å². The van der Waals surface area contributed by atoms with Crippen LogP contribution in [0.2, 0.25) is 5.02 Å². The smallest absolute Gasteiger partial charge is 0.251 e. The van der Waals surface area contributed by atoms with Gasteiger partial charge >= 0.3 is 0 Å². The van der Waals surface area contributed by atoms with Crippen LogP contribution in [0, 0.1) is 5.92 Å². The molecule has 0 radical (unpaired) electrons. The first-order valence-corrected chi connectivity index (χ1v) is 6.38. The van der Waals surface area contributed by atoms with E-state index in [1.54, 1.807) is 18.2 Å². The fourth-order valence-electron chi connectivity index (χ4n) is 1.96. The summed E-state index contributed by atoms with van der Waals surface area (Å²) in [5.41, 5.74) is 6.67. The monoisotopic (exact) mass is 252 g/mol. The van der Waals surface area contributed by atoms with E-state index in [0.29, 0.717) is 16.3 Å². The van der Waals surface area contributed by atoms with Crippen molar-refractivity contribution in [1.82, 2.24) is 5.32 Å². The molecule has 0 aliphatic heterocycles. The second kappa shape index (κ2) is 5.41. The molecule has 1 aromatic carbocycles. The van der Waals surface area contributed by atoms with Gasteiger partial charge in [0.2, 0.25) is 0 Å². The Kier molecular flexibility index (Phi) is 3.89. The average molecular weight is 253 g/mol. The first-order chi connectivity index (χ1) is 8.16. The van der Waals surface area contributed by atoms with Gasteiger partial charge < -0.3 is 11.1 Å². The van der Waals surface area contributed by atoms with Crippen LogP contribution in [0.25, 0.3) is 0 Å². The van der Waals surface area contributed by atoms with Gasteiger partial charge in [-0.25, -0.2) is 0 Å². The molecule has 1 aliphatic carbocycles. The number of benzene rings is 1. The van der Waals surface area contributed by atoms with Crippen LogP contribution in [0.1, 0.15) is 36.0 Å². The maximum atomic E-state index is 11.8. The summed E-state index contributed by atoms with van der Waals surface area (Å²) < 4.78 is 0. The van der Waals surface area contributed by atoms with Gasteiger partial charge in [0.25, 0.3) is 5.91 Å². The standard InChI is InChI=1S/C13H17ClN2O/c14-11-5-4-10(8-12(11)15)13(17)16-7-6-9-2-1-3-9/h4-5,8-9H,1-3,6-7,15H2,(H,16,17). The molecule has 0 saturated heterocycles. The molecule has 1 aromatic rings. The molecule has 0 unspecified atom stereocenters. The van der Waals surface area contributed by atoms with Crippen molar-refractivity contribution in [1.29, 1.82) is 0 Å². The Hall–Kier alpha value is -1.22. The third-order valence-electron chi connectivity index (χ3n) is 3.32. The average Bonchev–Trinajstić information content (AvgIpc) is 2.25. The van der Waals surface area contributed by atoms with Crippen molar-refractivity contribution >= 4 is 23.2 Å². The van der Waals surface area contributed by atoms with Crippen LogP contribution in [0.5, 0.6) is 0 Å². The number of hydrogen-bond donors (Lipinski definition) is 2. The second-order valence-corrected chi connectivity index (χ2v) is 4.98. The summed E-state index contributed by atoms with van der Waals surface area (Å²) in [5, 5.41) is 3.39. The Bertz CT molecular complexity index is 416. The summed E-state index contributed by atoms with van der Waals surface area (Å²) in [6.07, 6.45) is 5.04. The van der Waals surface area contributed by atoms with Gasteiger partial charge in [-0.1, -0.05) is 30.9 Å². The highest BCUT2D eigenvalue weighted by Gasteiger charge is 2.17.